The van der Waals surface area contributed by atoms with Gasteiger partial charge in [0.1, 0.15) is 17.1 Å². The van der Waals surface area contributed by atoms with E-state index in [0.29, 0.717) is 18.4 Å². The number of unbranched alkanes of at least 4 members (excludes halogenated alkanes) is 1. The van der Waals surface area contributed by atoms with Crippen molar-refractivity contribution in [3.63, 3.8) is 0 Å². The Kier molecular flexibility index (Phi) is 8.12. The van der Waals surface area contributed by atoms with Gasteiger partial charge in [-0.2, -0.15) is 0 Å². The average molecular weight is 459 g/mol. The van der Waals surface area contributed by atoms with Crippen LogP contribution in [0, 0.1) is 13.8 Å². The van der Waals surface area contributed by atoms with Crippen molar-refractivity contribution in [1.29, 1.82) is 0 Å². The molecule has 0 fully saturated rings. The first-order valence-corrected chi connectivity index (χ1v) is 12.8. The largest absolute Gasteiger partial charge is 0.496 e. The van der Waals surface area contributed by atoms with E-state index in [4.69, 9.17) is 9.47 Å². The lowest BCUT2D eigenvalue weighted by atomic mass is 9.84. The predicted molar refractivity (Wildman–Crippen MR) is 130 cm³/mol. The summed E-state index contributed by atoms with van der Waals surface area (Å²) in [6.45, 7) is 11.9. The first-order valence-electron chi connectivity index (χ1n) is 10.9. The molecule has 0 bridgehead atoms. The summed E-state index contributed by atoms with van der Waals surface area (Å²) in [5, 5.41) is 0. The minimum absolute atomic E-state index is 0.0161. The lowest BCUT2D eigenvalue weighted by molar-refractivity contribution is 0.103. The Bertz CT molecular complexity index is 1020. The fourth-order valence-corrected chi connectivity index (χ4v) is 6.48. The van der Waals surface area contributed by atoms with Crippen LogP contribution in [0.4, 0.5) is 0 Å². The predicted octanol–water partition coefficient (Wildman–Crippen LogP) is 6.76. The van der Waals surface area contributed by atoms with Crippen LogP contribution in [0.1, 0.15) is 77.9 Å². The lowest BCUT2D eigenvalue weighted by Crippen LogP contribution is -2.18. The van der Waals surface area contributed by atoms with Crippen molar-refractivity contribution in [1.82, 2.24) is 0 Å². The van der Waals surface area contributed by atoms with Crippen molar-refractivity contribution in [2.45, 2.75) is 59.8 Å². The summed E-state index contributed by atoms with van der Waals surface area (Å²) in [5.74, 6) is 0.491. The molecule has 0 N–H and O–H groups in total. The molecule has 0 aliphatic rings. The first-order chi connectivity index (χ1) is 14.9. The molecule has 174 valence electrons. The van der Waals surface area contributed by atoms with E-state index in [1.165, 1.54) is 14.2 Å². The molecule has 2 aromatic rings. The molecule has 0 aliphatic carbocycles. The van der Waals surface area contributed by atoms with E-state index < -0.39 is 18.2 Å². The van der Waals surface area contributed by atoms with Gasteiger partial charge in [-0.25, -0.2) is 0 Å². The zero-order chi connectivity index (χ0) is 24.3. The zero-order valence-corrected chi connectivity index (χ0v) is 21.4. The molecule has 6 heteroatoms. The maximum atomic E-state index is 14.3. The summed E-state index contributed by atoms with van der Waals surface area (Å²) in [7, 11) is -1.12. The van der Waals surface area contributed by atoms with Crippen LogP contribution in [0.25, 0.3) is 0 Å². The molecule has 32 heavy (non-hydrogen) atoms. The van der Waals surface area contributed by atoms with Crippen LogP contribution in [0.2, 0.25) is 0 Å². The molecule has 2 rings (SSSR count). The van der Waals surface area contributed by atoms with Crippen molar-refractivity contribution < 1.29 is 23.6 Å². The number of carbonyl (C=O) groups is 2. The van der Waals surface area contributed by atoms with Gasteiger partial charge in [0, 0.05) is 11.7 Å². The van der Waals surface area contributed by atoms with Gasteiger partial charge in [-0.3, -0.25) is 9.59 Å². The second-order valence-corrected chi connectivity index (χ2v) is 11.9. The molecule has 1 unspecified atom stereocenters. The standard InChI is InChI=1S/C26H35O5P/c1-9-10-14-32(29,25(28)23-20(30-7)12-11-13-21(23)31-8)24(27)22-17(2)15-19(16-18(22)3)26(4,5)6/h11-13,15-16H,9-10,14H2,1-8H3. The van der Waals surface area contributed by atoms with Crippen LogP contribution in [0.3, 0.4) is 0 Å². The summed E-state index contributed by atoms with van der Waals surface area (Å²) in [4.78, 5) is 27.6. The van der Waals surface area contributed by atoms with Gasteiger partial charge in [-0.1, -0.05) is 52.3 Å². The van der Waals surface area contributed by atoms with Crippen molar-refractivity contribution in [3.05, 3.63) is 58.1 Å². The van der Waals surface area contributed by atoms with Gasteiger partial charge in [-0.05, 0) is 54.5 Å². The fourth-order valence-electron chi connectivity index (χ4n) is 3.83. The van der Waals surface area contributed by atoms with Gasteiger partial charge >= 0.3 is 0 Å². The zero-order valence-electron chi connectivity index (χ0n) is 20.5. The summed E-state index contributed by atoms with van der Waals surface area (Å²) in [6, 6.07) is 8.82. The molecule has 0 aromatic heterocycles. The normalized spacial score (nSPS) is 13.4. The van der Waals surface area contributed by atoms with Crippen LogP contribution >= 0.6 is 7.14 Å². The summed E-state index contributed by atoms with van der Waals surface area (Å²) >= 11 is 0. The smallest absolute Gasteiger partial charge is 0.236 e. The number of rotatable bonds is 9. The maximum absolute atomic E-state index is 14.3. The maximum Gasteiger partial charge on any atom is 0.236 e. The summed E-state index contributed by atoms with van der Waals surface area (Å²) < 4.78 is 25.0. The number of hydrogen-bond donors (Lipinski definition) is 0. The van der Waals surface area contributed by atoms with E-state index in [0.717, 1.165) is 16.7 Å². The molecule has 0 saturated heterocycles. The highest BCUT2D eigenvalue weighted by atomic mass is 31.2. The van der Waals surface area contributed by atoms with Crippen molar-refractivity contribution >= 4 is 18.2 Å². The van der Waals surface area contributed by atoms with Gasteiger partial charge in [-0.15, -0.1) is 0 Å². The lowest BCUT2D eigenvalue weighted by Gasteiger charge is -2.24. The summed E-state index contributed by atoms with van der Waals surface area (Å²) in [6.07, 6.45) is 1.24. The molecule has 0 amide bonds. The van der Waals surface area contributed by atoms with E-state index in [1.807, 2.05) is 32.9 Å². The van der Waals surface area contributed by atoms with Gasteiger partial charge < -0.3 is 14.0 Å². The Labute approximate surface area is 191 Å². The molecule has 0 heterocycles. The Morgan fingerprint density at radius 2 is 1.38 bits per heavy atom. The SMILES string of the molecule is CCCCP(=O)(C(=O)c1c(C)cc(C(C)(C)C)cc1C)C(=O)c1c(OC)cccc1OC. The first kappa shape index (κ1) is 25.9. The third kappa shape index (κ3) is 4.99. The quantitative estimate of drug-likeness (QED) is 0.388. The van der Waals surface area contributed by atoms with E-state index >= 15 is 0 Å². The molecular formula is C26H35O5P. The van der Waals surface area contributed by atoms with Crippen LogP contribution in [-0.2, 0) is 9.98 Å². The van der Waals surface area contributed by atoms with E-state index in [2.05, 4.69) is 20.8 Å². The van der Waals surface area contributed by atoms with Crippen LogP contribution in [0.15, 0.2) is 30.3 Å². The minimum atomic E-state index is -3.99. The Hall–Kier alpha value is -2.39. The van der Waals surface area contributed by atoms with Gasteiger partial charge in [0.25, 0.3) is 0 Å². The molecular weight excluding hydrogens is 423 g/mol. The molecule has 0 aliphatic heterocycles. The third-order valence-electron chi connectivity index (χ3n) is 5.74. The third-order valence-corrected chi connectivity index (χ3v) is 8.44. The molecule has 5 nitrogen and oxygen atoms in total. The number of hydrogen-bond acceptors (Lipinski definition) is 5. The molecule has 0 radical (unpaired) electrons. The molecule has 1 atom stereocenters. The number of carbonyl (C=O) groups excluding carboxylic acids is 2. The Morgan fingerprint density at radius 1 is 0.906 bits per heavy atom. The molecule has 0 spiro atoms. The Morgan fingerprint density at radius 3 is 1.78 bits per heavy atom. The number of benzene rings is 2. The fraction of sp³-hybridized carbons (Fsp3) is 0.462. The highest BCUT2D eigenvalue weighted by Gasteiger charge is 2.43. The monoisotopic (exact) mass is 458 g/mol. The van der Waals surface area contributed by atoms with E-state index in [1.54, 1.807) is 18.2 Å². The second-order valence-electron chi connectivity index (χ2n) is 9.20. The minimum Gasteiger partial charge on any atom is -0.496 e. The topological polar surface area (TPSA) is 69.7 Å². The molecule has 2 aromatic carbocycles. The molecule has 0 saturated carbocycles. The van der Waals surface area contributed by atoms with Crippen LogP contribution in [0.5, 0.6) is 11.5 Å². The van der Waals surface area contributed by atoms with Gasteiger partial charge in [0.05, 0.1) is 14.2 Å². The number of methoxy groups -OCH3 is 2. The van der Waals surface area contributed by atoms with Crippen molar-refractivity contribution in [2.75, 3.05) is 20.4 Å². The number of ether oxygens (including phenoxy) is 2. The Balaban J connectivity index is 2.71. The van der Waals surface area contributed by atoms with Gasteiger partial charge in [0.15, 0.2) is 0 Å². The summed E-state index contributed by atoms with van der Waals surface area (Å²) in [5.41, 5.74) is 1.61. The van der Waals surface area contributed by atoms with E-state index in [-0.39, 0.29) is 28.6 Å². The second kappa shape index (κ2) is 10.0. The highest BCUT2D eigenvalue weighted by Crippen LogP contribution is 2.55. The van der Waals surface area contributed by atoms with Crippen LogP contribution in [-0.4, -0.2) is 31.4 Å². The number of aryl methyl sites for hydroxylation is 2. The average Bonchev–Trinajstić information content (AvgIpc) is 2.74. The van der Waals surface area contributed by atoms with Crippen molar-refractivity contribution in [3.8, 4) is 11.5 Å². The van der Waals surface area contributed by atoms with E-state index in [9.17, 15) is 14.2 Å². The highest BCUT2D eigenvalue weighted by molar-refractivity contribution is 7.95. The van der Waals surface area contributed by atoms with Crippen molar-refractivity contribution in [2.24, 2.45) is 0 Å². The van der Waals surface area contributed by atoms with Crippen LogP contribution < -0.4 is 9.47 Å². The van der Waals surface area contributed by atoms with Gasteiger partial charge in [0.2, 0.25) is 18.2 Å².